The number of hydrogen-bond acceptors (Lipinski definition) is 1. The molecular formula is C12H16BrF2N. The summed E-state index contributed by atoms with van der Waals surface area (Å²) in [6.45, 7) is 6.17. The van der Waals surface area contributed by atoms with Crippen molar-refractivity contribution in [1.29, 1.82) is 0 Å². The number of hydrogen-bond donors (Lipinski definition) is 1. The normalized spacial score (nSPS) is 12.9. The summed E-state index contributed by atoms with van der Waals surface area (Å²) >= 11 is 3.05. The van der Waals surface area contributed by atoms with E-state index in [2.05, 4.69) is 35.1 Å². The summed E-state index contributed by atoms with van der Waals surface area (Å²) in [5, 5.41) is 3.09. The Morgan fingerprint density at radius 2 is 1.88 bits per heavy atom. The van der Waals surface area contributed by atoms with Crippen molar-refractivity contribution >= 4 is 21.6 Å². The molecule has 0 bridgehead atoms. The summed E-state index contributed by atoms with van der Waals surface area (Å²) in [6, 6.07) is 2.52. The highest BCUT2D eigenvalue weighted by molar-refractivity contribution is 9.10. The van der Waals surface area contributed by atoms with Crippen molar-refractivity contribution in [3.63, 3.8) is 0 Å². The first-order chi connectivity index (χ1) is 7.45. The third-order valence-electron chi connectivity index (χ3n) is 2.60. The van der Waals surface area contributed by atoms with Crippen LogP contribution in [0.2, 0.25) is 0 Å². The van der Waals surface area contributed by atoms with E-state index in [-0.39, 0.29) is 10.5 Å². The maximum Gasteiger partial charge on any atom is 0.149 e. The van der Waals surface area contributed by atoms with Crippen molar-refractivity contribution in [3.05, 3.63) is 28.2 Å². The van der Waals surface area contributed by atoms with Crippen LogP contribution in [0.15, 0.2) is 16.6 Å². The van der Waals surface area contributed by atoms with Gasteiger partial charge in [-0.3, -0.25) is 0 Å². The third kappa shape index (κ3) is 3.17. The molecule has 1 rings (SSSR count). The van der Waals surface area contributed by atoms with Gasteiger partial charge in [0.25, 0.3) is 0 Å². The molecule has 0 aliphatic rings. The van der Waals surface area contributed by atoms with Gasteiger partial charge in [-0.25, -0.2) is 8.78 Å². The molecule has 0 saturated carbocycles. The standard InChI is InChI=1S/C12H16BrF2N/c1-4-11(7(2)3)16-12-5-8(13)9(14)6-10(12)15/h5-7,11,16H,4H2,1-3H3. The topological polar surface area (TPSA) is 12.0 Å². The van der Waals surface area contributed by atoms with Gasteiger partial charge in [-0.1, -0.05) is 20.8 Å². The number of rotatable bonds is 4. The quantitative estimate of drug-likeness (QED) is 0.801. The molecule has 0 spiro atoms. The van der Waals surface area contributed by atoms with Crippen LogP contribution in [0.4, 0.5) is 14.5 Å². The Hall–Kier alpha value is -0.640. The van der Waals surface area contributed by atoms with E-state index in [9.17, 15) is 8.78 Å². The Labute approximate surface area is 103 Å². The highest BCUT2D eigenvalue weighted by Gasteiger charge is 2.14. The first-order valence-electron chi connectivity index (χ1n) is 5.36. The van der Waals surface area contributed by atoms with Crippen LogP contribution in [0, 0.1) is 17.6 Å². The molecule has 1 aromatic carbocycles. The Morgan fingerprint density at radius 1 is 1.25 bits per heavy atom. The van der Waals surface area contributed by atoms with Gasteiger partial charge in [-0.15, -0.1) is 0 Å². The highest BCUT2D eigenvalue weighted by atomic mass is 79.9. The molecule has 90 valence electrons. The van der Waals surface area contributed by atoms with Gasteiger partial charge >= 0.3 is 0 Å². The van der Waals surface area contributed by atoms with Crippen molar-refractivity contribution in [2.75, 3.05) is 5.32 Å². The zero-order valence-electron chi connectivity index (χ0n) is 9.65. The minimum Gasteiger partial charge on any atom is -0.380 e. The molecule has 0 heterocycles. The molecule has 4 heteroatoms. The lowest BCUT2D eigenvalue weighted by molar-refractivity contribution is 0.505. The molecule has 16 heavy (non-hydrogen) atoms. The van der Waals surface area contributed by atoms with Crippen LogP contribution in [0.25, 0.3) is 0 Å². The van der Waals surface area contributed by atoms with E-state index in [1.165, 1.54) is 6.07 Å². The number of benzene rings is 1. The molecule has 1 unspecified atom stereocenters. The lowest BCUT2D eigenvalue weighted by Crippen LogP contribution is -2.25. The van der Waals surface area contributed by atoms with Gasteiger partial charge in [0.1, 0.15) is 11.6 Å². The smallest absolute Gasteiger partial charge is 0.149 e. The molecule has 0 amide bonds. The van der Waals surface area contributed by atoms with Crippen LogP contribution in [0.3, 0.4) is 0 Å². The SMILES string of the molecule is CCC(Nc1cc(Br)c(F)cc1F)C(C)C. The number of anilines is 1. The molecule has 0 fully saturated rings. The molecule has 0 saturated heterocycles. The molecule has 1 nitrogen and oxygen atoms in total. The summed E-state index contributed by atoms with van der Waals surface area (Å²) in [4.78, 5) is 0. The Balaban J connectivity index is 2.92. The third-order valence-corrected chi connectivity index (χ3v) is 3.20. The maximum atomic E-state index is 13.5. The second kappa shape index (κ2) is 5.62. The fourth-order valence-electron chi connectivity index (χ4n) is 1.57. The highest BCUT2D eigenvalue weighted by Crippen LogP contribution is 2.25. The monoisotopic (exact) mass is 291 g/mol. The average Bonchev–Trinajstić information content (AvgIpc) is 2.21. The van der Waals surface area contributed by atoms with Crippen LogP contribution in [0.1, 0.15) is 27.2 Å². The summed E-state index contributed by atoms with van der Waals surface area (Å²) in [5.74, 6) is -0.742. The van der Waals surface area contributed by atoms with Crippen LogP contribution in [0.5, 0.6) is 0 Å². The van der Waals surface area contributed by atoms with E-state index < -0.39 is 11.6 Å². The molecule has 0 aromatic heterocycles. The summed E-state index contributed by atoms with van der Waals surface area (Å²) in [7, 11) is 0. The largest absolute Gasteiger partial charge is 0.380 e. The van der Waals surface area contributed by atoms with Gasteiger partial charge in [0.05, 0.1) is 10.2 Å². The molecule has 1 atom stereocenters. The zero-order chi connectivity index (χ0) is 12.3. The molecular weight excluding hydrogens is 276 g/mol. The van der Waals surface area contributed by atoms with E-state index in [0.717, 1.165) is 12.5 Å². The van der Waals surface area contributed by atoms with Crippen LogP contribution in [-0.2, 0) is 0 Å². The molecule has 1 aromatic rings. The van der Waals surface area contributed by atoms with Crippen molar-refractivity contribution < 1.29 is 8.78 Å². The Bertz CT molecular complexity index is 366. The van der Waals surface area contributed by atoms with Gasteiger partial charge < -0.3 is 5.32 Å². The van der Waals surface area contributed by atoms with Crippen LogP contribution in [-0.4, -0.2) is 6.04 Å². The predicted octanol–water partition coefficient (Wildman–Crippen LogP) is 4.57. The van der Waals surface area contributed by atoms with E-state index in [1.807, 2.05) is 6.92 Å². The summed E-state index contributed by atoms with van der Waals surface area (Å²) in [6.07, 6.45) is 0.895. The minimum atomic E-state index is -0.583. The van der Waals surface area contributed by atoms with Crippen LogP contribution < -0.4 is 5.32 Å². The fraction of sp³-hybridized carbons (Fsp3) is 0.500. The fourth-order valence-corrected chi connectivity index (χ4v) is 1.92. The van der Waals surface area contributed by atoms with E-state index >= 15 is 0 Å². The molecule has 1 N–H and O–H groups in total. The van der Waals surface area contributed by atoms with Crippen molar-refractivity contribution in [3.8, 4) is 0 Å². The molecule has 0 aliphatic carbocycles. The van der Waals surface area contributed by atoms with Gasteiger partial charge in [-0.05, 0) is 34.3 Å². The predicted molar refractivity (Wildman–Crippen MR) is 66.6 cm³/mol. The second-order valence-electron chi connectivity index (χ2n) is 4.15. The van der Waals surface area contributed by atoms with E-state index in [4.69, 9.17) is 0 Å². The Morgan fingerprint density at radius 3 is 2.38 bits per heavy atom. The lowest BCUT2D eigenvalue weighted by atomic mass is 10.0. The van der Waals surface area contributed by atoms with Crippen molar-refractivity contribution in [2.24, 2.45) is 5.92 Å². The van der Waals surface area contributed by atoms with Crippen molar-refractivity contribution in [2.45, 2.75) is 33.2 Å². The average molecular weight is 292 g/mol. The van der Waals surface area contributed by atoms with Crippen molar-refractivity contribution in [1.82, 2.24) is 0 Å². The summed E-state index contributed by atoms with van der Waals surface area (Å²) in [5.41, 5.74) is 0.342. The Kier molecular flexibility index (Phi) is 4.71. The lowest BCUT2D eigenvalue weighted by Gasteiger charge is -2.22. The first kappa shape index (κ1) is 13.4. The van der Waals surface area contributed by atoms with Gasteiger partial charge in [0, 0.05) is 12.1 Å². The molecule has 0 aliphatic heterocycles. The summed E-state index contributed by atoms with van der Waals surface area (Å²) < 4.78 is 26.8. The van der Waals surface area contributed by atoms with Gasteiger partial charge in [0.15, 0.2) is 0 Å². The van der Waals surface area contributed by atoms with E-state index in [1.54, 1.807) is 0 Å². The molecule has 0 radical (unpaired) electrons. The first-order valence-corrected chi connectivity index (χ1v) is 6.16. The van der Waals surface area contributed by atoms with Gasteiger partial charge in [0.2, 0.25) is 0 Å². The van der Waals surface area contributed by atoms with E-state index in [0.29, 0.717) is 11.6 Å². The van der Waals surface area contributed by atoms with Crippen LogP contribution >= 0.6 is 15.9 Å². The van der Waals surface area contributed by atoms with Gasteiger partial charge in [-0.2, -0.15) is 0 Å². The maximum absolute atomic E-state index is 13.5. The zero-order valence-corrected chi connectivity index (χ0v) is 11.2. The second-order valence-corrected chi connectivity index (χ2v) is 5.00. The number of nitrogens with one attached hydrogen (secondary N) is 1. The number of halogens is 3. The minimum absolute atomic E-state index is 0.187.